The zero-order chi connectivity index (χ0) is 20.6. The summed E-state index contributed by atoms with van der Waals surface area (Å²) in [6, 6.07) is 5.34. The second-order valence-electron chi connectivity index (χ2n) is 8.31. The fourth-order valence-corrected chi connectivity index (χ4v) is 4.15. The van der Waals surface area contributed by atoms with Gasteiger partial charge in [-0.1, -0.05) is 26.8 Å². The van der Waals surface area contributed by atoms with E-state index in [1.165, 1.54) is 0 Å². The van der Waals surface area contributed by atoms with Crippen molar-refractivity contribution in [2.75, 3.05) is 0 Å². The SMILES string of the molecule is C=C(c1ncc(-c2cc3ccncc3cc2O)nn1)[C@H]1C[C@@](C)(CC)CC[C@@H]1F. The van der Waals surface area contributed by atoms with Crippen molar-refractivity contribution >= 4 is 16.3 Å². The molecule has 5 nitrogen and oxygen atoms in total. The van der Waals surface area contributed by atoms with Gasteiger partial charge in [0.15, 0.2) is 5.82 Å². The minimum absolute atomic E-state index is 0.0861. The Hall–Kier alpha value is -2.89. The number of aromatic hydroxyl groups is 1. The molecule has 0 spiro atoms. The van der Waals surface area contributed by atoms with Crippen LogP contribution in [0, 0.1) is 11.3 Å². The van der Waals surface area contributed by atoms with Crippen LogP contribution in [-0.2, 0) is 0 Å². The van der Waals surface area contributed by atoms with Gasteiger partial charge in [-0.3, -0.25) is 4.98 Å². The van der Waals surface area contributed by atoms with Crippen molar-refractivity contribution in [3.8, 4) is 17.0 Å². The zero-order valence-electron chi connectivity index (χ0n) is 16.8. The highest BCUT2D eigenvalue weighted by atomic mass is 19.1. The molecule has 1 fully saturated rings. The van der Waals surface area contributed by atoms with Gasteiger partial charge in [0.1, 0.15) is 17.6 Å². The molecule has 1 N–H and O–H groups in total. The Labute approximate surface area is 169 Å². The van der Waals surface area contributed by atoms with Crippen LogP contribution < -0.4 is 0 Å². The second kappa shape index (κ2) is 7.50. The van der Waals surface area contributed by atoms with Gasteiger partial charge in [-0.15, -0.1) is 10.2 Å². The van der Waals surface area contributed by atoms with E-state index in [0.29, 0.717) is 29.1 Å². The van der Waals surface area contributed by atoms with E-state index in [0.717, 1.165) is 30.0 Å². The number of phenolic OH excluding ortho intramolecular Hbond substituents is 1. The second-order valence-corrected chi connectivity index (χ2v) is 8.31. The van der Waals surface area contributed by atoms with Crippen molar-refractivity contribution < 1.29 is 9.50 Å². The quantitative estimate of drug-likeness (QED) is 0.647. The van der Waals surface area contributed by atoms with Gasteiger partial charge in [-0.25, -0.2) is 9.37 Å². The third kappa shape index (κ3) is 3.71. The first kappa shape index (κ1) is 19.4. The standard InChI is InChI=1S/C23H25FN4O/c1-4-23(3)7-5-19(24)18(11-23)14(2)22-26-13-20(27-28-22)17-9-15-6-8-25-12-16(15)10-21(17)29/h6,8-10,12-13,18-19,29H,2,4-5,7,11H2,1,3H3/t18-,19+,23+/m1/s1. The Bertz CT molecular complexity index is 1050. The first-order chi connectivity index (χ1) is 13.9. The topological polar surface area (TPSA) is 71.8 Å². The van der Waals surface area contributed by atoms with Gasteiger partial charge in [0, 0.05) is 29.3 Å². The highest BCUT2D eigenvalue weighted by Crippen LogP contribution is 2.46. The molecule has 1 aromatic carbocycles. The number of allylic oxidation sites excluding steroid dienone is 1. The van der Waals surface area contributed by atoms with Gasteiger partial charge in [0.2, 0.25) is 0 Å². The highest BCUT2D eigenvalue weighted by Gasteiger charge is 2.39. The highest BCUT2D eigenvalue weighted by molar-refractivity contribution is 5.89. The molecule has 2 heterocycles. The molecule has 1 saturated carbocycles. The maximum atomic E-state index is 14.6. The van der Waals surface area contributed by atoms with Crippen molar-refractivity contribution in [2.24, 2.45) is 11.3 Å². The number of fused-ring (bicyclic) bond motifs is 1. The molecule has 1 aliphatic carbocycles. The molecule has 6 heteroatoms. The van der Waals surface area contributed by atoms with Crippen LogP contribution in [0.25, 0.3) is 27.6 Å². The van der Waals surface area contributed by atoms with E-state index in [1.54, 1.807) is 24.7 Å². The fourth-order valence-electron chi connectivity index (χ4n) is 4.15. The number of alkyl halides is 1. The zero-order valence-corrected chi connectivity index (χ0v) is 16.8. The molecule has 0 saturated heterocycles. The number of halogens is 1. The predicted octanol–water partition coefficient (Wildman–Crippen LogP) is 5.36. The molecular formula is C23H25FN4O. The summed E-state index contributed by atoms with van der Waals surface area (Å²) in [5, 5.41) is 20.6. The smallest absolute Gasteiger partial charge is 0.177 e. The molecule has 4 rings (SSSR count). The summed E-state index contributed by atoms with van der Waals surface area (Å²) in [6.07, 6.45) is 7.21. The first-order valence-corrected chi connectivity index (χ1v) is 10.0. The van der Waals surface area contributed by atoms with E-state index in [-0.39, 0.29) is 17.1 Å². The third-order valence-corrected chi connectivity index (χ3v) is 6.35. The van der Waals surface area contributed by atoms with Crippen molar-refractivity contribution in [1.82, 2.24) is 20.2 Å². The van der Waals surface area contributed by atoms with Crippen molar-refractivity contribution in [3.05, 3.63) is 49.2 Å². The summed E-state index contributed by atoms with van der Waals surface area (Å²) in [5.74, 6) is 0.164. The van der Waals surface area contributed by atoms with Crippen molar-refractivity contribution in [2.45, 2.75) is 45.7 Å². The Morgan fingerprint density at radius 2 is 2.10 bits per heavy atom. The predicted molar refractivity (Wildman–Crippen MR) is 112 cm³/mol. The lowest BCUT2D eigenvalue weighted by Crippen LogP contribution is -2.33. The summed E-state index contributed by atoms with van der Waals surface area (Å²) in [5.41, 5.74) is 1.72. The van der Waals surface area contributed by atoms with Crippen LogP contribution in [0.2, 0.25) is 0 Å². The number of benzene rings is 1. The Kier molecular flexibility index (Phi) is 5.03. The minimum Gasteiger partial charge on any atom is -0.507 e. The Morgan fingerprint density at radius 3 is 2.83 bits per heavy atom. The van der Waals surface area contributed by atoms with E-state index >= 15 is 0 Å². The molecule has 3 aromatic rings. The molecule has 2 aromatic heterocycles. The molecular weight excluding hydrogens is 367 g/mol. The molecule has 1 aliphatic rings. The third-order valence-electron chi connectivity index (χ3n) is 6.35. The number of aromatic nitrogens is 4. The van der Waals surface area contributed by atoms with Gasteiger partial charge in [-0.05, 0) is 53.8 Å². The normalized spacial score (nSPS) is 24.5. The minimum atomic E-state index is -0.927. The summed E-state index contributed by atoms with van der Waals surface area (Å²) in [6.45, 7) is 8.46. The summed E-state index contributed by atoms with van der Waals surface area (Å²) in [4.78, 5) is 8.46. The number of pyridine rings is 1. The lowest BCUT2D eigenvalue weighted by molar-refractivity contribution is 0.0980. The van der Waals surface area contributed by atoms with Gasteiger partial charge in [-0.2, -0.15) is 0 Å². The van der Waals surface area contributed by atoms with Crippen molar-refractivity contribution in [3.63, 3.8) is 0 Å². The summed E-state index contributed by atoms with van der Waals surface area (Å²) >= 11 is 0. The van der Waals surface area contributed by atoms with Crippen LogP contribution in [0.3, 0.4) is 0 Å². The van der Waals surface area contributed by atoms with Crippen LogP contribution >= 0.6 is 0 Å². The van der Waals surface area contributed by atoms with Crippen LogP contribution in [0.4, 0.5) is 4.39 Å². The van der Waals surface area contributed by atoms with E-state index < -0.39 is 6.17 Å². The molecule has 0 bridgehead atoms. The molecule has 150 valence electrons. The molecule has 29 heavy (non-hydrogen) atoms. The number of hydrogen-bond donors (Lipinski definition) is 1. The van der Waals surface area contributed by atoms with E-state index in [4.69, 9.17) is 0 Å². The average molecular weight is 392 g/mol. The lowest BCUT2D eigenvalue weighted by atomic mass is 9.67. The average Bonchev–Trinajstić information content (AvgIpc) is 2.75. The van der Waals surface area contributed by atoms with Crippen molar-refractivity contribution in [1.29, 1.82) is 0 Å². The maximum absolute atomic E-state index is 14.6. The van der Waals surface area contributed by atoms with E-state index in [2.05, 4.69) is 40.6 Å². The molecule has 0 unspecified atom stereocenters. The van der Waals surface area contributed by atoms with Crippen LogP contribution in [-0.4, -0.2) is 31.4 Å². The van der Waals surface area contributed by atoms with Crippen LogP contribution in [0.5, 0.6) is 5.75 Å². The number of rotatable bonds is 4. The summed E-state index contributed by atoms with van der Waals surface area (Å²) in [7, 11) is 0. The molecule has 0 radical (unpaired) electrons. The lowest BCUT2D eigenvalue weighted by Gasteiger charge is -2.40. The van der Waals surface area contributed by atoms with Gasteiger partial charge in [0.05, 0.1) is 6.20 Å². The number of phenols is 1. The monoisotopic (exact) mass is 392 g/mol. The molecule has 0 amide bonds. The molecule has 0 aliphatic heterocycles. The first-order valence-electron chi connectivity index (χ1n) is 10.0. The summed E-state index contributed by atoms with van der Waals surface area (Å²) < 4.78 is 14.6. The van der Waals surface area contributed by atoms with Crippen LogP contribution in [0.1, 0.15) is 45.4 Å². The fraction of sp³-hybridized carbons (Fsp3) is 0.391. The van der Waals surface area contributed by atoms with Crippen LogP contribution in [0.15, 0.2) is 43.4 Å². The Morgan fingerprint density at radius 1 is 1.28 bits per heavy atom. The van der Waals surface area contributed by atoms with Gasteiger partial charge >= 0.3 is 0 Å². The largest absolute Gasteiger partial charge is 0.507 e. The number of nitrogens with zero attached hydrogens (tertiary/aromatic N) is 4. The molecule has 3 atom stereocenters. The number of hydrogen-bond acceptors (Lipinski definition) is 5. The van der Waals surface area contributed by atoms with Gasteiger partial charge < -0.3 is 5.11 Å². The maximum Gasteiger partial charge on any atom is 0.177 e. The van der Waals surface area contributed by atoms with E-state index in [1.807, 2.05) is 12.1 Å². The van der Waals surface area contributed by atoms with Gasteiger partial charge in [0.25, 0.3) is 0 Å². The van der Waals surface area contributed by atoms with E-state index in [9.17, 15) is 9.50 Å². The Balaban J connectivity index is 1.61.